The number of benzene rings is 2. The van der Waals surface area contributed by atoms with Crippen molar-refractivity contribution in [3.63, 3.8) is 0 Å². The Balaban J connectivity index is 0.00000220. The standard InChI is InChI=1S/C14H10ClNO4.Na.H/c15-11-3-1-9(2-4-11)14(18)8-10-7-12(16(19)20)5-6-13(10)17;;/h1-7,17H,8H2;;/q;+1;-1. The number of aromatic hydroxyl groups is 1. The summed E-state index contributed by atoms with van der Waals surface area (Å²) in [7, 11) is 0. The zero-order valence-corrected chi connectivity index (χ0v) is 14.0. The van der Waals surface area contributed by atoms with E-state index in [1.807, 2.05) is 0 Å². The van der Waals surface area contributed by atoms with Gasteiger partial charge in [0, 0.05) is 34.7 Å². The average molecular weight is 316 g/mol. The zero-order chi connectivity index (χ0) is 14.7. The summed E-state index contributed by atoms with van der Waals surface area (Å²) in [4.78, 5) is 22.1. The molecule has 5 nitrogen and oxygen atoms in total. The number of nitro benzene ring substituents is 1. The molecule has 0 amide bonds. The van der Waals surface area contributed by atoms with Gasteiger partial charge in [0.15, 0.2) is 5.78 Å². The van der Waals surface area contributed by atoms with Crippen molar-refractivity contribution in [3.05, 3.63) is 68.7 Å². The number of non-ortho nitro benzene ring substituents is 1. The fourth-order valence-corrected chi connectivity index (χ4v) is 1.86. The predicted octanol–water partition coefficient (Wildman–Crippen LogP) is 0.496. The van der Waals surface area contributed by atoms with Crippen molar-refractivity contribution < 1.29 is 45.8 Å². The Morgan fingerprint density at radius 3 is 2.43 bits per heavy atom. The predicted molar refractivity (Wildman–Crippen MR) is 75.4 cm³/mol. The van der Waals surface area contributed by atoms with Gasteiger partial charge in [-0.05, 0) is 30.3 Å². The van der Waals surface area contributed by atoms with E-state index < -0.39 is 4.92 Å². The SMILES string of the molecule is O=C(Cc1cc([N+](=O)[O-])ccc1O)c1ccc(Cl)cc1.[H-].[Na+]. The monoisotopic (exact) mass is 315 g/mol. The van der Waals surface area contributed by atoms with Crippen LogP contribution in [0, 0.1) is 10.1 Å². The molecule has 0 aromatic heterocycles. The largest absolute Gasteiger partial charge is 1.00 e. The van der Waals surface area contributed by atoms with E-state index in [2.05, 4.69) is 0 Å². The molecule has 0 aliphatic carbocycles. The summed E-state index contributed by atoms with van der Waals surface area (Å²) in [6.07, 6.45) is -0.116. The van der Waals surface area contributed by atoms with Crippen molar-refractivity contribution in [2.45, 2.75) is 6.42 Å². The van der Waals surface area contributed by atoms with E-state index in [0.29, 0.717) is 10.6 Å². The van der Waals surface area contributed by atoms with Gasteiger partial charge in [0.25, 0.3) is 5.69 Å². The van der Waals surface area contributed by atoms with Crippen molar-refractivity contribution >= 4 is 23.1 Å². The summed E-state index contributed by atoms with van der Waals surface area (Å²) >= 11 is 5.73. The Kier molecular flexibility index (Phi) is 6.36. The number of carbonyl (C=O) groups is 1. The summed E-state index contributed by atoms with van der Waals surface area (Å²) in [5, 5.41) is 20.9. The number of nitrogens with zero attached hydrogens (tertiary/aromatic N) is 1. The summed E-state index contributed by atoms with van der Waals surface area (Å²) in [5.74, 6) is -0.393. The maximum absolute atomic E-state index is 12.0. The number of carbonyl (C=O) groups excluding carboxylic acids is 1. The van der Waals surface area contributed by atoms with Gasteiger partial charge in [-0.3, -0.25) is 14.9 Å². The van der Waals surface area contributed by atoms with Gasteiger partial charge in [0.1, 0.15) is 5.75 Å². The van der Waals surface area contributed by atoms with Gasteiger partial charge in [-0.2, -0.15) is 0 Å². The first kappa shape index (κ1) is 17.7. The summed E-state index contributed by atoms with van der Waals surface area (Å²) in [6, 6.07) is 9.90. The van der Waals surface area contributed by atoms with Crippen LogP contribution < -0.4 is 29.6 Å². The average Bonchev–Trinajstić information content (AvgIpc) is 2.41. The van der Waals surface area contributed by atoms with Gasteiger partial charge >= 0.3 is 29.6 Å². The van der Waals surface area contributed by atoms with Crippen LogP contribution in [0.3, 0.4) is 0 Å². The van der Waals surface area contributed by atoms with Crippen LogP contribution in [-0.4, -0.2) is 15.8 Å². The Morgan fingerprint density at radius 1 is 1.24 bits per heavy atom. The third-order valence-corrected chi connectivity index (χ3v) is 3.04. The first-order chi connectivity index (χ1) is 9.47. The molecule has 104 valence electrons. The maximum Gasteiger partial charge on any atom is 1.00 e. The zero-order valence-electron chi connectivity index (χ0n) is 12.2. The molecular weight excluding hydrogens is 305 g/mol. The van der Waals surface area contributed by atoms with Gasteiger partial charge in [-0.1, -0.05) is 11.6 Å². The number of rotatable bonds is 4. The number of hydrogen-bond acceptors (Lipinski definition) is 4. The molecule has 0 radical (unpaired) electrons. The van der Waals surface area contributed by atoms with Crippen molar-refractivity contribution in [1.29, 1.82) is 0 Å². The third kappa shape index (κ3) is 4.54. The molecular formula is C14H11ClNNaO4. The molecule has 0 unspecified atom stereocenters. The second kappa shape index (κ2) is 7.56. The van der Waals surface area contributed by atoms with Crippen molar-refractivity contribution in [1.82, 2.24) is 0 Å². The molecule has 0 aliphatic rings. The van der Waals surface area contributed by atoms with Crippen molar-refractivity contribution in [2.75, 3.05) is 0 Å². The molecule has 21 heavy (non-hydrogen) atoms. The van der Waals surface area contributed by atoms with Crippen molar-refractivity contribution in [2.24, 2.45) is 0 Å². The number of nitro groups is 1. The van der Waals surface area contributed by atoms with Crippen LogP contribution in [-0.2, 0) is 6.42 Å². The molecule has 0 saturated heterocycles. The fourth-order valence-electron chi connectivity index (χ4n) is 1.74. The van der Waals surface area contributed by atoms with Gasteiger partial charge in [0.05, 0.1) is 4.92 Å². The van der Waals surface area contributed by atoms with Crippen molar-refractivity contribution in [3.8, 4) is 5.75 Å². The van der Waals surface area contributed by atoms with Crippen LogP contribution in [0.25, 0.3) is 0 Å². The van der Waals surface area contributed by atoms with Crippen LogP contribution in [0.5, 0.6) is 5.75 Å². The van der Waals surface area contributed by atoms with E-state index in [4.69, 9.17) is 11.6 Å². The molecule has 0 heterocycles. The molecule has 0 fully saturated rings. The van der Waals surface area contributed by atoms with Gasteiger partial charge in [-0.15, -0.1) is 0 Å². The van der Waals surface area contributed by atoms with Crippen LogP contribution in [0.4, 0.5) is 5.69 Å². The van der Waals surface area contributed by atoms with E-state index in [1.54, 1.807) is 24.3 Å². The molecule has 0 spiro atoms. The smallest absolute Gasteiger partial charge is 1.00 e. The van der Waals surface area contributed by atoms with E-state index in [0.717, 1.165) is 0 Å². The van der Waals surface area contributed by atoms with Crippen LogP contribution in [0.15, 0.2) is 42.5 Å². The number of hydrogen-bond donors (Lipinski definition) is 1. The van der Waals surface area contributed by atoms with Crippen LogP contribution >= 0.6 is 11.6 Å². The summed E-state index contributed by atoms with van der Waals surface area (Å²) in [5.41, 5.74) is 0.487. The molecule has 0 saturated carbocycles. The molecule has 0 aliphatic heterocycles. The van der Waals surface area contributed by atoms with Gasteiger partial charge in [-0.25, -0.2) is 0 Å². The molecule has 7 heteroatoms. The Labute approximate surface area is 149 Å². The Hall–Kier alpha value is -1.40. The van der Waals surface area contributed by atoms with E-state index in [-0.39, 0.29) is 60.2 Å². The minimum Gasteiger partial charge on any atom is -1.00 e. The van der Waals surface area contributed by atoms with Gasteiger partial charge < -0.3 is 6.53 Å². The fraction of sp³-hybridized carbons (Fsp3) is 0.0714. The number of ketones is 1. The topological polar surface area (TPSA) is 80.4 Å². The first-order valence-electron chi connectivity index (χ1n) is 5.72. The van der Waals surface area contributed by atoms with E-state index in [9.17, 15) is 20.0 Å². The molecule has 2 aromatic rings. The summed E-state index contributed by atoms with van der Waals surface area (Å²) < 4.78 is 0. The minimum atomic E-state index is -0.574. The summed E-state index contributed by atoms with van der Waals surface area (Å²) in [6.45, 7) is 0. The molecule has 0 atom stereocenters. The third-order valence-electron chi connectivity index (χ3n) is 2.79. The number of phenolic OH excluding ortho intramolecular Hbond substituents is 1. The Bertz CT molecular complexity index is 679. The number of phenols is 1. The Morgan fingerprint density at radius 2 is 1.86 bits per heavy atom. The molecule has 0 bridgehead atoms. The second-order valence-electron chi connectivity index (χ2n) is 4.18. The van der Waals surface area contributed by atoms with E-state index in [1.165, 1.54) is 18.2 Å². The quantitative estimate of drug-likeness (QED) is 0.385. The number of halogens is 1. The van der Waals surface area contributed by atoms with Gasteiger partial charge in [0.2, 0.25) is 0 Å². The molecule has 1 N–H and O–H groups in total. The normalized spacial score (nSPS) is 9.76. The maximum atomic E-state index is 12.0. The molecule has 2 rings (SSSR count). The van der Waals surface area contributed by atoms with Crippen LogP contribution in [0.2, 0.25) is 5.02 Å². The minimum absolute atomic E-state index is 0. The van der Waals surface area contributed by atoms with Crippen LogP contribution in [0.1, 0.15) is 17.3 Å². The van der Waals surface area contributed by atoms with E-state index >= 15 is 0 Å². The number of Topliss-reactive ketones (excluding diaryl/α,β-unsaturated/α-hetero) is 1. The molecule has 2 aromatic carbocycles. The first-order valence-corrected chi connectivity index (χ1v) is 6.10. The second-order valence-corrected chi connectivity index (χ2v) is 4.61.